The Bertz CT molecular complexity index is 1560. The summed E-state index contributed by atoms with van der Waals surface area (Å²) in [5, 5.41) is 2.91. The van der Waals surface area contributed by atoms with Gasteiger partial charge in [-0.15, -0.1) is 0 Å². The van der Waals surface area contributed by atoms with Crippen LogP contribution in [0.2, 0.25) is 0 Å². The summed E-state index contributed by atoms with van der Waals surface area (Å²) in [6.45, 7) is 6.33. The number of amides is 1. The standard InChI is InChI=1S/C28H29N3O5/c1-28(2,3)18-9-7-17(8-10-18)25(32)29-21-15-22-23(31(5)27(34)26(33)30(22)4)16-24(21)36-20-13-11-19(35-6)12-14-20/h7-16H,1-6H3,(H,29,32). The van der Waals surface area contributed by atoms with Gasteiger partial charge in [0.1, 0.15) is 11.5 Å². The van der Waals surface area contributed by atoms with E-state index in [0.717, 1.165) is 5.56 Å². The van der Waals surface area contributed by atoms with Crippen molar-refractivity contribution in [1.82, 2.24) is 9.13 Å². The number of aryl methyl sites for hydroxylation is 2. The molecule has 0 saturated carbocycles. The van der Waals surface area contributed by atoms with E-state index in [2.05, 4.69) is 26.1 Å². The van der Waals surface area contributed by atoms with E-state index < -0.39 is 11.1 Å². The monoisotopic (exact) mass is 487 g/mol. The Kier molecular flexibility index (Phi) is 6.45. The minimum atomic E-state index is -0.663. The summed E-state index contributed by atoms with van der Waals surface area (Å²) in [6.07, 6.45) is 0. The van der Waals surface area contributed by atoms with Gasteiger partial charge in [0.15, 0.2) is 5.75 Å². The lowest BCUT2D eigenvalue weighted by Gasteiger charge is -2.19. The number of nitrogens with one attached hydrogen (secondary N) is 1. The average molecular weight is 488 g/mol. The lowest BCUT2D eigenvalue weighted by Crippen LogP contribution is -2.39. The van der Waals surface area contributed by atoms with E-state index >= 15 is 0 Å². The smallest absolute Gasteiger partial charge is 0.316 e. The van der Waals surface area contributed by atoms with Crippen molar-refractivity contribution in [1.29, 1.82) is 0 Å². The number of hydrogen-bond donors (Lipinski definition) is 1. The number of carbonyl (C=O) groups is 1. The summed E-state index contributed by atoms with van der Waals surface area (Å²) in [5.41, 5.74) is 1.56. The zero-order valence-corrected chi connectivity index (χ0v) is 21.2. The van der Waals surface area contributed by atoms with Crippen LogP contribution in [0.15, 0.2) is 70.3 Å². The largest absolute Gasteiger partial charge is 0.497 e. The van der Waals surface area contributed by atoms with Crippen LogP contribution in [0.4, 0.5) is 5.69 Å². The zero-order valence-electron chi connectivity index (χ0n) is 21.2. The van der Waals surface area contributed by atoms with Crippen molar-refractivity contribution in [3.05, 3.63) is 92.5 Å². The minimum absolute atomic E-state index is 0.0343. The van der Waals surface area contributed by atoms with Gasteiger partial charge in [0.05, 0.1) is 23.8 Å². The molecule has 1 heterocycles. The molecule has 0 saturated heterocycles. The molecule has 1 amide bonds. The van der Waals surface area contributed by atoms with Gasteiger partial charge in [0.25, 0.3) is 5.91 Å². The zero-order chi connectivity index (χ0) is 26.2. The Balaban J connectivity index is 1.79. The van der Waals surface area contributed by atoms with Crippen LogP contribution < -0.4 is 25.9 Å². The number of fused-ring (bicyclic) bond motifs is 1. The molecule has 0 aliphatic carbocycles. The Morgan fingerprint density at radius 2 is 1.33 bits per heavy atom. The first kappa shape index (κ1) is 24.8. The fourth-order valence-electron chi connectivity index (χ4n) is 3.87. The molecular formula is C28H29N3O5. The molecule has 1 N–H and O–H groups in total. The lowest BCUT2D eigenvalue weighted by molar-refractivity contribution is 0.102. The van der Waals surface area contributed by atoms with Gasteiger partial charge in [-0.25, -0.2) is 0 Å². The highest BCUT2D eigenvalue weighted by molar-refractivity contribution is 6.06. The number of nitrogens with zero attached hydrogens (tertiary/aromatic N) is 2. The molecule has 4 rings (SSSR count). The van der Waals surface area contributed by atoms with Crippen molar-refractivity contribution < 1.29 is 14.3 Å². The van der Waals surface area contributed by atoms with Gasteiger partial charge >= 0.3 is 11.1 Å². The maximum atomic E-state index is 13.2. The SMILES string of the molecule is COc1ccc(Oc2cc3c(cc2NC(=O)c2ccc(C(C)(C)C)cc2)n(C)c(=O)c(=O)n3C)cc1. The summed E-state index contributed by atoms with van der Waals surface area (Å²) in [6, 6.07) is 17.7. The fraction of sp³-hybridized carbons (Fsp3) is 0.250. The summed E-state index contributed by atoms with van der Waals surface area (Å²) in [4.78, 5) is 38.0. The molecule has 8 heteroatoms. The Morgan fingerprint density at radius 1 is 0.806 bits per heavy atom. The minimum Gasteiger partial charge on any atom is -0.497 e. The van der Waals surface area contributed by atoms with E-state index in [1.54, 1.807) is 55.6 Å². The molecule has 4 aromatic rings. The first-order chi connectivity index (χ1) is 17.0. The maximum Gasteiger partial charge on any atom is 0.316 e. The number of carbonyl (C=O) groups excluding carboxylic acids is 1. The maximum absolute atomic E-state index is 13.2. The van der Waals surface area contributed by atoms with Gasteiger partial charge in [-0.1, -0.05) is 32.9 Å². The third kappa shape index (κ3) is 4.75. The molecule has 36 heavy (non-hydrogen) atoms. The number of rotatable bonds is 5. The third-order valence-electron chi connectivity index (χ3n) is 6.14. The van der Waals surface area contributed by atoms with Gasteiger partial charge in [0, 0.05) is 25.7 Å². The third-order valence-corrected chi connectivity index (χ3v) is 6.14. The van der Waals surface area contributed by atoms with Gasteiger partial charge in [-0.3, -0.25) is 14.4 Å². The van der Waals surface area contributed by atoms with E-state index in [4.69, 9.17) is 9.47 Å². The lowest BCUT2D eigenvalue weighted by atomic mass is 9.87. The molecule has 0 spiro atoms. The molecule has 0 atom stereocenters. The summed E-state index contributed by atoms with van der Waals surface area (Å²) < 4.78 is 13.9. The molecule has 8 nitrogen and oxygen atoms in total. The molecule has 186 valence electrons. The van der Waals surface area contributed by atoms with Crippen molar-refractivity contribution >= 4 is 22.6 Å². The number of hydrogen-bond acceptors (Lipinski definition) is 5. The van der Waals surface area contributed by atoms with Crippen LogP contribution in [0.5, 0.6) is 17.2 Å². The molecule has 1 aromatic heterocycles. The fourth-order valence-corrected chi connectivity index (χ4v) is 3.87. The number of benzene rings is 3. The first-order valence-electron chi connectivity index (χ1n) is 11.5. The summed E-state index contributed by atoms with van der Waals surface area (Å²) in [5.74, 6) is 1.17. The topological polar surface area (TPSA) is 91.6 Å². The van der Waals surface area contributed by atoms with E-state index in [0.29, 0.717) is 39.5 Å². The Hall–Kier alpha value is -4.33. The average Bonchev–Trinajstić information content (AvgIpc) is 2.86. The van der Waals surface area contributed by atoms with Crippen LogP contribution >= 0.6 is 0 Å². The van der Waals surface area contributed by atoms with Crippen LogP contribution in [0.3, 0.4) is 0 Å². The predicted molar refractivity (Wildman–Crippen MR) is 141 cm³/mol. The molecule has 0 unspecified atom stereocenters. The Morgan fingerprint density at radius 3 is 1.86 bits per heavy atom. The van der Waals surface area contributed by atoms with Gasteiger partial charge in [-0.2, -0.15) is 0 Å². The van der Waals surface area contributed by atoms with Crippen LogP contribution in [-0.4, -0.2) is 22.2 Å². The van der Waals surface area contributed by atoms with E-state index in [1.807, 2.05) is 12.1 Å². The second-order valence-electron chi connectivity index (χ2n) is 9.62. The van der Waals surface area contributed by atoms with Crippen molar-refractivity contribution in [2.75, 3.05) is 12.4 Å². The van der Waals surface area contributed by atoms with Crippen molar-refractivity contribution in [2.45, 2.75) is 26.2 Å². The van der Waals surface area contributed by atoms with Gasteiger partial charge in [-0.05, 0) is 53.4 Å². The highest BCUT2D eigenvalue weighted by atomic mass is 16.5. The van der Waals surface area contributed by atoms with Crippen molar-refractivity contribution in [3.8, 4) is 17.2 Å². The van der Waals surface area contributed by atoms with Crippen LogP contribution in [0.25, 0.3) is 11.0 Å². The van der Waals surface area contributed by atoms with E-state index in [1.165, 1.54) is 23.2 Å². The molecule has 0 fully saturated rings. The molecular weight excluding hydrogens is 458 g/mol. The van der Waals surface area contributed by atoms with Crippen LogP contribution in [0, 0.1) is 0 Å². The number of aromatic nitrogens is 2. The second kappa shape index (κ2) is 9.37. The van der Waals surface area contributed by atoms with Gasteiger partial charge < -0.3 is 23.9 Å². The molecule has 0 aliphatic rings. The molecule has 0 aliphatic heterocycles. The van der Waals surface area contributed by atoms with Gasteiger partial charge in [0.2, 0.25) is 0 Å². The Labute approximate surface area is 208 Å². The number of anilines is 1. The van der Waals surface area contributed by atoms with E-state index in [9.17, 15) is 14.4 Å². The molecule has 3 aromatic carbocycles. The van der Waals surface area contributed by atoms with E-state index in [-0.39, 0.29) is 11.3 Å². The molecule has 0 bridgehead atoms. The quantitative estimate of drug-likeness (QED) is 0.416. The highest BCUT2D eigenvalue weighted by Gasteiger charge is 2.18. The van der Waals surface area contributed by atoms with Crippen molar-refractivity contribution in [3.63, 3.8) is 0 Å². The second-order valence-corrected chi connectivity index (χ2v) is 9.62. The van der Waals surface area contributed by atoms with Crippen LogP contribution in [0.1, 0.15) is 36.7 Å². The number of ether oxygens (including phenoxy) is 2. The number of methoxy groups -OCH3 is 1. The van der Waals surface area contributed by atoms with Crippen molar-refractivity contribution in [2.24, 2.45) is 14.1 Å². The summed E-state index contributed by atoms with van der Waals surface area (Å²) >= 11 is 0. The highest BCUT2D eigenvalue weighted by Crippen LogP contribution is 2.34. The predicted octanol–water partition coefficient (Wildman–Crippen LogP) is 4.59. The first-order valence-corrected chi connectivity index (χ1v) is 11.5. The molecule has 0 radical (unpaired) electrons. The van der Waals surface area contributed by atoms with Crippen LogP contribution in [-0.2, 0) is 19.5 Å². The normalized spacial score (nSPS) is 11.4. The summed E-state index contributed by atoms with van der Waals surface area (Å²) in [7, 11) is 4.62.